The lowest BCUT2D eigenvalue weighted by Gasteiger charge is -2.14. The van der Waals surface area contributed by atoms with Gasteiger partial charge in [-0.1, -0.05) is 48.6 Å². The Kier molecular flexibility index (Phi) is 7.90. The molecular weight excluding hydrogens is 465 g/mol. The van der Waals surface area contributed by atoms with Crippen LogP contribution in [0.3, 0.4) is 0 Å². The number of thioether (sulfide) groups is 1. The van der Waals surface area contributed by atoms with Gasteiger partial charge in [0.15, 0.2) is 0 Å². The van der Waals surface area contributed by atoms with Crippen LogP contribution in [0.25, 0.3) is 6.08 Å². The van der Waals surface area contributed by atoms with Gasteiger partial charge in [0.1, 0.15) is 4.32 Å². The van der Waals surface area contributed by atoms with Crippen molar-refractivity contribution < 1.29 is 22.8 Å². The minimum Gasteiger partial charge on any atom is -0.326 e. The smallest absolute Gasteiger partial charge is 0.326 e. The van der Waals surface area contributed by atoms with Gasteiger partial charge in [0, 0.05) is 17.8 Å². The minimum atomic E-state index is -4.53. The number of nitrogens with one attached hydrogen (secondary N) is 1. The van der Waals surface area contributed by atoms with E-state index in [0.29, 0.717) is 35.0 Å². The molecule has 1 fully saturated rings. The van der Waals surface area contributed by atoms with Gasteiger partial charge in [-0.3, -0.25) is 14.5 Å². The molecule has 1 N–H and O–H groups in total. The van der Waals surface area contributed by atoms with Crippen molar-refractivity contribution in [3.63, 3.8) is 0 Å². The number of alkyl halides is 3. The summed E-state index contributed by atoms with van der Waals surface area (Å²) < 4.78 is 39.5. The fourth-order valence-electron chi connectivity index (χ4n) is 2.98. The SMILES string of the molecule is O=C(CCCCCN1C(=O)/C(=C\c2cccs2)SC1=S)Nc1ccccc1C(F)(F)F. The zero-order valence-electron chi connectivity index (χ0n) is 16.3. The van der Waals surface area contributed by atoms with Gasteiger partial charge in [0.2, 0.25) is 5.91 Å². The van der Waals surface area contributed by atoms with E-state index in [-0.39, 0.29) is 18.0 Å². The molecule has 0 aliphatic carbocycles. The fraction of sp³-hybridized carbons (Fsp3) is 0.286. The summed E-state index contributed by atoms with van der Waals surface area (Å²) in [7, 11) is 0. The quantitative estimate of drug-likeness (QED) is 0.277. The normalized spacial score (nSPS) is 15.7. The third kappa shape index (κ3) is 6.41. The molecule has 2 aromatic rings. The Morgan fingerprint density at radius 3 is 2.61 bits per heavy atom. The first kappa shape index (κ1) is 23.5. The molecule has 2 heterocycles. The van der Waals surface area contributed by atoms with E-state index in [1.165, 1.54) is 30.0 Å². The first-order chi connectivity index (χ1) is 14.8. The molecule has 10 heteroatoms. The first-order valence-electron chi connectivity index (χ1n) is 9.50. The zero-order valence-corrected chi connectivity index (χ0v) is 18.7. The summed E-state index contributed by atoms with van der Waals surface area (Å²) in [5.41, 5.74) is -1.11. The second-order valence-electron chi connectivity index (χ2n) is 6.75. The Morgan fingerprint density at radius 2 is 1.90 bits per heavy atom. The van der Waals surface area contributed by atoms with Crippen molar-refractivity contribution in [1.29, 1.82) is 0 Å². The Labute approximate surface area is 191 Å². The number of benzene rings is 1. The second-order valence-corrected chi connectivity index (χ2v) is 9.41. The molecule has 0 atom stereocenters. The molecule has 0 spiro atoms. The van der Waals surface area contributed by atoms with E-state index in [2.05, 4.69) is 5.32 Å². The molecule has 0 unspecified atom stereocenters. The van der Waals surface area contributed by atoms with Crippen LogP contribution in [-0.4, -0.2) is 27.6 Å². The number of hydrogen-bond donors (Lipinski definition) is 1. The molecule has 1 aromatic heterocycles. The van der Waals surface area contributed by atoms with E-state index in [0.717, 1.165) is 10.9 Å². The number of carbonyl (C=O) groups excluding carboxylic acids is 2. The molecule has 31 heavy (non-hydrogen) atoms. The molecule has 0 radical (unpaired) electrons. The molecule has 1 aliphatic rings. The Hall–Kier alpha value is -2.17. The number of thiophene rings is 1. The summed E-state index contributed by atoms with van der Waals surface area (Å²) in [4.78, 5) is 27.7. The highest BCUT2D eigenvalue weighted by Crippen LogP contribution is 2.35. The van der Waals surface area contributed by atoms with Crippen LogP contribution >= 0.6 is 35.3 Å². The van der Waals surface area contributed by atoms with Gasteiger partial charge in [0.25, 0.3) is 5.91 Å². The van der Waals surface area contributed by atoms with E-state index in [1.807, 2.05) is 23.6 Å². The summed E-state index contributed by atoms with van der Waals surface area (Å²) in [6, 6.07) is 8.73. The van der Waals surface area contributed by atoms with Crippen LogP contribution < -0.4 is 5.32 Å². The van der Waals surface area contributed by atoms with Crippen LogP contribution in [-0.2, 0) is 15.8 Å². The second kappa shape index (κ2) is 10.4. The lowest BCUT2D eigenvalue weighted by molar-refractivity contribution is -0.137. The summed E-state index contributed by atoms with van der Waals surface area (Å²) >= 11 is 8.11. The number of amides is 2. The van der Waals surface area contributed by atoms with Gasteiger partial charge in [0.05, 0.1) is 16.2 Å². The maximum absolute atomic E-state index is 13.0. The van der Waals surface area contributed by atoms with Gasteiger partial charge >= 0.3 is 6.18 Å². The van der Waals surface area contributed by atoms with Crippen LogP contribution in [0.15, 0.2) is 46.7 Å². The zero-order chi connectivity index (χ0) is 22.4. The molecule has 0 saturated carbocycles. The van der Waals surface area contributed by atoms with Gasteiger partial charge in [-0.25, -0.2) is 0 Å². The minimum absolute atomic E-state index is 0.100. The molecule has 1 aromatic carbocycles. The van der Waals surface area contributed by atoms with Crippen molar-refractivity contribution in [3.8, 4) is 0 Å². The monoisotopic (exact) mass is 484 g/mol. The highest BCUT2D eigenvalue weighted by atomic mass is 32.2. The molecule has 1 saturated heterocycles. The van der Waals surface area contributed by atoms with Gasteiger partial charge in [-0.15, -0.1) is 11.3 Å². The van der Waals surface area contributed by atoms with Gasteiger partial charge < -0.3 is 5.32 Å². The number of rotatable bonds is 8. The van der Waals surface area contributed by atoms with Crippen LogP contribution in [0.4, 0.5) is 18.9 Å². The van der Waals surface area contributed by atoms with Crippen molar-refractivity contribution in [2.75, 3.05) is 11.9 Å². The maximum Gasteiger partial charge on any atom is 0.418 e. The largest absolute Gasteiger partial charge is 0.418 e. The van der Waals surface area contributed by atoms with Crippen molar-refractivity contribution in [1.82, 2.24) is 4.90 Å². The van der Waals surface area contributed by atoms with Crippen LogP contribution in [0.2, 0.25) is 0 Å². The highest BCUT2D eigenvalue weighted by molar-refractivity contribution is 8.26. The molecule has 0 bridgehead atoms. The number of halogens is 3. The van der Waals surface area contributed by atoms with E-state index >= 15 is 0 Å². The van der Waals surface area contributed by atoms with Crippen molar-refractivity contribution in [2.24, 2.45) is 0 Å². The standard InChI is InChI=1S/C21H19F3N2O2S3/c22-21(23,24)15-8-3-4-9-16(15)25-18(27)10-2-1-5-11-26-19(28)17(31-20(26)29)13-14-7-6-12-30-14/h3-4,6-9,12-13H,1-2,5,10-11H2,(H,25,27)/b17-13+. The molecule has 2 amide bonds. The van der Waals surface area contributed by atoms with Crippen molar-refractivity contribution in [3.05, 3.63) is 57.1 Å². The topological polar surface area (TPSA) is 49.4 Å². The number of carbonyl (C=O) groups is 2. The predicted molar refractivity (Wildman–Crippen MR) is 123 cm³/mol. The number of unbranched alkanes of at least 4 members (excludes halogenated alkanes) is 2. The maximum atomic E-state index is 13.0. The lowest BCUT2D eigenvalue weighted by atomic mass is 10.1. The molecule has 4 nitrogen and oxygen atoms in total. The number of nitrogens with zero attached hydrogens (tertiary/aromatic N) is 1. The highest BCUT2D eigenvalue weighted by Gasteiger charge is 2.33. The third-order valence-electron chi connectivity index (χ3n) is 4.48. The molecule has 164 valence electrons. The van der Waals surface area contributed by atoms with Crippen molar-refractivity contribution >= 4 is 63.2 Å². The van der Waals surface area contributed by atoms with E-state index in [9.17, 15) is 22.8 Å². The van der Waals surface area contributed by atoms with Gasteiger partial charge in [-0.2, -0.15) is 13.2 Å². The number of anilines is 1. The summed E-state index contributed by atoms with van der Waals surface area (Å²) in [6.45, 7) is 0.449. The third-order valence-corrected chi connectivity index (χ3v) is 6.68. The summed E-state index contributed by atoms with van der Waals surface area (Å²) in [5, 5.41) is 4.27. The number of hydrogen-bond acceptors (Lipinski definition) is 5. The Balaban J connectivity index is 1.42. The summed E-state index contributed by atoms with van der Waals surface area (Å²) in [5.74, 6) is -0.592. The molecule has 3 rings (SSSR count). The first-order valence-corrected chi connectivity index (χ1v) is 11.6. The van der Waals surface area contributed by atoms with Crippen LogP contribution in [0.1, 0.15) is 36.1 Å². The fourth-order valence-corrected chi connectivity index (χ4v) is 5.01. The van der Waals surface area contributed by atoms with Gasteiger partial charge in [-0.05, 0) is 42.5 Å². The predicted octanol–water partition coefficient (Wildman–Crippen LogP) is 6.17. The van der Waals surface area contributed by atoms with E-state index < -0.39 is 17.6 Å². The lowest BCUT2D eigenvalue weighted by Crippen LogP contribution is -2.29. The van der Waals surface area contributed by atoms with Crippen molar-refractivity contribution in [2.45, 2.75) is 31.9 Å². The Bertz CT molecular complexity index is 988. The average molecular weight is 485 g/mol. The average Bonchev–Trinajstić information content (AvgIpc) is 3.31. The van der Waals surface area contributed by atoms with E-state index in [4.69, 9.17) is 12.2 Å². The molecular formula is C21H19F3N2O2S3. The van der Waals surface area contributed by atoms with Crippen LogP contribution in [0, 0.1) is 0 Å². The Morgan fingerprint density at radius 1 is 1.13 bits per heavy atom. The van der Waals surface area contributed by atoms with Crippen LogP contribution in [0.5, 0.6) is 0 Å². The number of para-hydroxylation sites is 1. The summed E-state index contributed by atoms with van der Waals surface area (Å²) in [6.07, 6.45) is -0.810. The molecule has 1 aliphatic heterocycles. The number of thiocarbonyl (C=S) groups is 1. The van der Waals surface area contributed by atoms with E-state index in [1.54, 1.807) is 16.2 Å².